The molecule has 4 heteroatoms. The molecule has 1 aromatic rings. The summed E-state index contributed by atoms with van der Waals surface area (Å²) in [5, 5.41) is 10.1. The molecule has 1 fully saturated rings. The van der Waals surface area contributed by atoms with Crippen LogP contribution in [0.5, 0.6) is 0 Å². The largest absolute Gasteiger partial charge is 0.465 e. The Labute approximate surface area is 120 Å². The maximum Gasteiger partial charge on any atom is 0.328 e. The van der Waals surface area contributed by atoms with E-state index in [0.29, 0.717) is 13.2 Å². The van der Waals surface area contributed by atoms with Gasteiger partial charge >= 0.3 is 5.97 Å². The summed E-state index contributed by atoms with van der Waals surface area (Å²) in [5.41, 5.74) is 0.924. The molecular formula is C16H23NO3. The number of hydrogen-bond donors (Lipinski definition) is 1. The number of esters is 1. The molecule has 0 amide bonds. The number of carbonyl (C=O) groups is 1. The van der Waals surface area contributed by atoms with E-state index in [9.17, 15) is 9.90 Å². The van der Waals surface area contributed by atoms with Gasteiger partial charge in [0.2, 0.25) is 0 Å². The minimum absolute atomic E-state index is 0.236. The molecule has 0 spiro atoms. The average Bonchev–Trinajstić information content (AvgIpc) is 2.44. The normalized spacial score (nSPS) is 25.1. The molecule has 1 N–H and O–H groups in total. The Balaban J connectivity index is 2.21. The van der Waals surface area contributed by atoms with Crippen molar-refractivity contribution in [2.45, 2.75) is 32.4 Å². The summed E-state index contributed by atoms with van der Waals surface area (Å²) in [5.74, 6) is 0.0466. The molecule has 1 aromatic carbocycles. The van der Waals surface area contributed by atoms with Gasteiger partial charge in [-0.15, -0.1) is 0 Å². The van der Waals surface area contributed by atoms with E-state index in [1.807, 2.05) is 49.1 Å². The van der Waals surface area contributed by atoms with Crippen molar-refractivity contribution >= 4 is 5.97 Å². The van der Waals surface area contributed by atoms with E-state index in [4.69, 9.17) is 4.74 Å². The third kappa shape index (κ3) is 3.38. The zero-order chi connectivity index (χ0) is 14.5. The number of β-amino-alcohol motifs (C(OH)–C–C–N with tert-alkyl or cyclic N) is 1. The lowest BCUT2D eigenvalue weighted by atomic mass is 9.93. The van der Waals surface area contributed by atoms with Gasteiger partial charge in [0.25, 0.3) is 0 Å². The molecule has 1 aliphatic heterocycles. The molecule has 0 radical (unpaired) electrons. The highest BCUT2D eigenvalue weighted by Crippen LogP contribution is 2.28. The Morgan fingerprint density at radius 1 is 1.45 bits per heavy atom. The predicted molar refractivity (Wildman–Crippen MR) is 77.2 cm³/mol. The van der Waals surface area contributed by atoms with Crippen LogP contribution < -0.4 is 0 Å². The highest BCUT2D eigenvalue weighted by atomic mass is 16.5. The second-order valence-electron chi connectivity index (χ2n) is 5.39. The summed E-state index contributed by atoms with van der Waals surface area (Å²) < 4.78 is 5.21. The third-order valence-corrected chi connectivity index (χ3v) is 3.94. The van der Waals surface area contributed by atoms with Crippen LogP contribution in [0.1, 0.15) is 31.9 Å². The number of likely N-dealkylation sites (tertiary alicyclic amines) is 1. The summed E-state index contributed by atoms with van der Waals surface area (Å²) in [6.45, 7) is 5.54. The fraction of sp³-hybridized carbons (Fsp3) is 0.562. The highest BCUT2D eigenvalue weighted by molar-refractivity contribution is 5.77. The molecular weight excluding hydrogens is 254 g/mol. The molecule has 1 heterocycles. The molecule has 3 atom stereocenters. The minimum atomic E-state index is -0.418. The number of nitrogens with zero attached hydrogens (tertiary/aromatic N) is 1. The van der Waals surface area contributed by atoms with Gasteiger partial charge in [-0.05, 0) is 31.4 Å². The van der Waals surface area contributed by atoms with Crippen molar-refractivity contribution in [3.05, 3.63) is 35.9 Å². The van der Waals surface area contributed by atoms with Crippen molar-refractivity contribution in [1.82, 2.24) is 4.90 Å². The molecule has 1 saturated heterocycles. The fourth-order valence-corrected chi connectivity index (χ4v) is 2.66. The molecule has 0 bridgehead atoms. The SMILES string of the molecule is CCOC(=O)C(c1ccccc1)N1CCC(C)C(O)C1. The Morgan fingerprint density at radius 3 is 2.75 bits per heavy atom. The van der Waals surface area contributed by atoms with Crippen LogP contribution in [0, 0.1) is 5.92 Å². The maximum absolute atomic E-state index is 12.3. The molecule has 0 aromatic heterocycles. The van der Waals surface area contributed by atoms with Crippen LogP contribution in [0.2, 0.25) is 0 Å². The first kappa shape index (κ1) is 15.0. The van der Waals surface area contributed by atoms with E-state index >= 15 is 0 Å². The number of carbonyl (C=O) groups excluding carboxylic acids is 1. The van der Waals surface area contributed by atoms with Gasteiger partial charge in [0, 0.05) is 6.54 Å². The lowest BCUT2D eigenvalue weighted by Crippen LogP contribution is -2.47. The Bertz CT molecular complexity index is 435. The predicted octanol–water partition coefficient (Wildman–Crippen LogP) is 1.99. The van der Waals surface area contributed by atoms with Crippen LogP contribution >= 0.6 is 0 Å². The molecule has 0 saturated carbocycles. The quantitative estimate of drug-likeness (QED) is 0.855. The lowest BCUT2D eigenvalue weighted by Gasteiger charge is -2.38. The van der Waals surface area contributed by atoms with E-state index in [0.717, 1.165) is 18.5 Å². The number of benzene rings is 1. The summed E-state index contributed by atoms with van der Waals surface area (Å²) in [7, 11) is 0. The van der Waals surface area contributed by atoms with Gasteiger partial charge in [-0.3, -0.25) is 4.90 Å². The first-order chi connectivity index (χ1) is 9.63. The van der Waals surface area contributed by atoms with Gasteiger partial charge < -0.3 is 9.84 Å². The van der Waals surface area contributed by atoms with E-state index in [1.165, 1.54) is 0 Å². The molecule has 0 aliphatic carbocycles. The Hall–Kier alpha value is -1.39. The molecule has 20 heavy (non-hydrogen) atoms. The van der Waals surface area contributed by atoms with Crippen molar-refractivity contribution < 1.29 is 14.6 Å². The average molecular weight is 277 g/mol. The number of ether oxygens (including phenoxy) is 1. The smallest absolute Gasteiger partial charge is 0.328 e. The first-order valence-corrected chi connectivity index (χ1v) is 7.27. The van der Waals surface area contributed by atoms with Gasteiger partial charge in [0.05, 0.1) is 12.7 Å². The Morgan fingerprint density at radius 2 is 2.15 bits per heavy atom. The van der Waals surface area contributed by atoms with Crippen molar-refractivity contribution in [3.8, 4) is 0 Å². The minimum Gasteiger partial charge on any atom is -0.465 e. The second kappa shape index (κ2) is 6.86. The number of hydrogen-bond acceptors (Lipinski definition) is 4. The van der Waals surface area contributed by atoms with E-state index in [2.05, 4.69) is 0 Å². The zero-order valence-electron chi connectivity index (χ0n) is 12.2. The fourth-order valence-electron chi connectivity index (χ4n) is 2.66. The van der Waals surface area contributed by atoms with Crippen molar-refractivity contribution in [1.29, 1.82) is 0 Å². The molecule has 110 valence electrons. The highest BCUT2D eigenvalue weighted by Gasteiger charge is 2.34. The van der Waals surface area contributed by atoms with Crippen LogP contribution in [0.15, 0.2) is 30.3 Å². The molecule has 2 rings (SSSR count). The lowest BCUT2D eigenvalue weighted by molar-refractivity contribution is -0.151. The summed E-state index contributed by atoms with van der Waals surface area (Å²) in [6, 6.07) is 9.23. The van der Waals surface area contributed by atoms with Crippen LogP contribution in [0.4, 0.5) is 0 Å². The Kier molecular flexibility index (Phi) is 5.15. The number of aliphatic hydroxyl groups is 1. The number of aliphatic hydroxyl groups excluding tert-OH is 1. The standard InChI is InChI=1S/C16H23NO3/c1-3-20-16(19)15(13-7-5-4-6-8-13)17-10-9-12(2)14(18)11-17/h4-8,12,14-15,18H,3,9-11H2,1-2H3. The topological polar surface area (TPSA) is 49.8 Å². The molecule has 3 unspecified atom stereocenters. The van der Waals surface area contributed by atoms with Gasteiger partial charge in [0.1, 0.15) is 6.04 Å². The van der Waals surface area contributed by atoms with Crippen LogP contribution in [0.3, 0.4) is 0 Å². The first-order valence-electron chi connectivity index (χ1n) is 7.27. The van der Waals surface area contributed by atoms with E-state index in [1.54, 1.807) is 0 Å². The van der Waals surface area contributed by atoms with Gasteiger partial charge in [-0.1, -0.05) is 37.3 Å². The van der Waals surface area contributed by atoms with Gasteiger partial charge in [-0.25, -0.2) is 4.79 Å². The molecule has 4 nitrogen and oxygen atoms in total. The van der Waals surface area contributed by atoms with Crippen LogP contribution in [-0.4, -0.2) is 41.8 Å². The van der Waals surface area contributed by atoms with Crippen LogP contribution in [-0.2, 0) is 9.53 Å². The van der Waals surface area contributed by atoms with Crippen molar-refractivity contribution in [3.63, 3.8) is 0 Å². The number of rotatable bonds is 4. The molecule has 1 aliphatic rings. The second-order valence-corrected chi connectivity index (χ2v) is 5.39. The van der Waals surface area contributed by atoms with Crippen molar-refractivity contribution in [2.75, 3.05) is 19.7 Å². The zero-order valence-corrected chi connectivity index (χ0v) is 12.2. The van der Waals surface area contributed by atoms with Gasteiger partial charge in [0.15, 0.2) is 0 Å². The van der Waals surface area contributed by atoms with E-state index in [-0.39, 0.29) is 18.0 Å². The monoisotopic (exact) mass is 277 g/mol. The van der Waals surface area contributed by atoms with Crippen molar-refractivity contribution in [2.24, 2.45) is 5.92 Å². The number of piperidine rings is 1. The maximum atomic E-state index is 12.3. The summed E-state index contributed by atoms with van der Waals surface area (Å²) in [4.78, 5) is 14.3. The third-order valence-electron chi connectivity index (χ3n) is 3.94. The summed E-state index contributed by atoms with van der Waals surface area (Å²) in [6.07, 6.45) is 0.508. The van der Waals surface area contributed by atoms with Gasteiger partial charge in [-0.2, -0.15) is 0 Å². The van der Waals surface area contributed by atoms with E-state index < -0.39 is 6.04 Å². The van der Waals surface area contributed by atoms with Crippen LogP contribution in [0.25, 0.3) is 0 Å². The summed E-state index contributed by atoms with van der Waals surface area (Å²) >= 11 is 0.